The maximum atomic E-state index is 11.3. The van der Waals surface area contributed by atoms with Crippen LogP contribution in [0.4, 0.5) is 9.93 Å². The van der Waals surface area contributed by atoms with Crippen molar-refractivity contribution in [2.45, 2.75) is 16.3 Å². The Morgan fingerprint density at radius 1 is 1.43 bits per heavy atom. The quantitative estimate of drug-likeness (QED) is 0.576. The number of ether oxygens (including phenoxy) is 1. The van der Waals surface area contributed by atoms with Crippen molar-refractivity contribution in [3.63, 3.8) is 0 Å². The summed E-state index contributed by atoms with van der Waals surface area (Å²) in [5, 5.41) is 13.6. The first-order chi connectivity index (χ1) is 10.3. The first kappa shape index (κ1) is 14.2. The van der Waals surface area contributed by atoms with Gasteiger partial charge < -0.3 is 4.74 Å². The Balaban J connectivity index is 1.75. The average molecular weight is 339 g/mol. The van der Waals surface area contributed by atoms with Gasteiger partial charge >= 0.3 is 6.09 Å². The molecule has 0 unspecified atom stereocenters. The van der Waals surface area contributed by atoms with Crippen molar-refractivity contribution in [1.82, 2.24) is 20.2 Å². The summed E-state index contributed by atoms with van der Waals surface area (Å²) in [7, 11) is 0. The molecule has 1 amide bonds. The smallest absolute Gasteiger partial charge is 0.413 e. The van der Waals surface area contributed by atoms with E-state index in [1.165, 1.54) is 29.4 Å². The van der Waals surface area contributed by atoms with Gasteiger partial charge in [0.1, 0.15) is 11.4 Å². The SMILES string of the molecule is CCOC(=O)Nc1nnc(Sc2ncnc3ccsc23)s1. The zero-order valence-electron chi connectivity index (χ0n) is 10.8. The second-order valence-electron chi connectivity index (χ2n) is 3.63. The van der Waals surface area contributed by atoms with Gasteiger partial charge in [0.15, 0.2) is 4.34 Å². The van der Waals surface area contributed by atoms with E-state index < -0.39 is 6.09 Å². The van der Waals surface area contributed by atoms with Gasteiger partial charge in [-0.05, 0) is 30.1 Å². The highest BCUT2D eigenvalue weighted by Crippen LogP contribution is 2.35. The van der Waals surface area contributed by atoms with Crippen molar-refractivity contribution in [3.05, 3.63) is 17.8 Å². The summed E-state index contributed by atoms with van der Waals surface area (Å²) < 4.78 is 6.49. The molecule has 7 nitrogen and oxygen atoms in total. The predicted octanol–water partition coefficient (Wildman–Crippen LogP) is 3.26. The van der Waals surface area contributed by atoms with Crippen molar-refractivity contribution in [2.24, 2.45) is 0 Å². The zero-order valence-corrected chi connectivity index (χ0v) is 13.2. The van der Waals surface area contributed by atoms with Crippen LogP contribution in [0.15, 0.2) is 27.1 Å². The van der Waals surface area contributed by atoms with Crippen LogP contribution in [-0.2, 0) is 4.74 Å². The number of carbonyl (C=O) groups excluding carboxylic acids is 1. The monoisotopic (exact) mass is 339 g/mol. The van der Waals surface area contributed by atoms with Crippen molar-refractivity contribution in [2.75, 3.05) is 11.9 Å². The summed E-state index contributed by atoms with van der Waals surface area (Å²) in [5.41, 5.74) is 0.909. The molecular weight excluding hydrogens is 330 g/mol. The number of nitrogens with zero attached hydrogens (tertiary/aromatic N) is 4. The topological polar surface area (TPSA) is 89.9 Å². The molecule has 108 valence electrons. The lowest BCUT2D eigenvalue weighted by atomic mass is 10.5. The van der Waals surface area contributed by atoms with Gasteiger partial charge in [0.05, 0.1) is 16.8 Å². The summed E-state index contributed by atoms with van der Waals surface area (Å²) in [4.78, 5) is 19.8. The molecule has 0 saturated carbocycles. The third-order valence-electron chi connectivity index (χ3n) is 2.29. The lowest BCUT2D eigenvalue weighted by Crippen LogP contribution is -2.12. The summed E-state index contributed by atoms with van der Waals surface area (Å²) >= 11 is 4.24. The Kier molecular flexibility index (Phi) is 4.27. The van der Waals surface area contributed by atoms with Crippen LogP contribution in [0.3, 0.4) is 0 Å². The number of fused-ring (bicyclic) bond motifs is 1. The highest BCUT2D eigenvalue weighted by molar-refractivity contribution is 8.01. The number of amides is 1. The molecule has 0 saturated heterocycles. The number of hydrogen-bond acceptors (Lipinski definition) is 9. The molecule has 1 N–H and O–H groups in total. The fourth-order valence-electron chi connectivity index (χ4n) is 1.48. The molecule has 10 heteroatoms. The predicted molar refractivity (Wildman–Crippen MR) is 82.1 cm³/mol. The normalized spacial score (nSPS) is 10.7. The standard InChI is InChI=1S/C11H9N5O2S3/c1-2-18-10(17)14-9-15-16-11(21-9)20-8-7-6(3-4-19-7)12-5-13-8/h3-5H,2H2,1H3,(H,14,15,17). The molecule has 3 heterocycles. The summed E-state index contributed by atoms with van der Waals surface area (Å²) in [6.07, 6.45) is 0.990. The number of hydrogen-bond donors (Lipinski definition) is 1. The van der Waals surface area contributed by atoms with Crippen molar-refractivity contribution >= 4 is 55.9 Å². The molecule has 3 aromatic rings. The third-order valence-corrected chi connectivity index (χ3v) is 5.22. The van der Waals surface area contributed by atoms with E-state index >= 15 is 0 Å². The molecule has 0 atom stereocenters. The second kappa shape index (κ2) is 6.33. The number of aromatic nitrogens is 4. The number of nitrogens with one attached hydrogen (secondary N) is 1. The minimum atomic E-state index is -0.534. The Morgan fingerprint density at radius 2 is 2.33 bits per heavy atom. The van der Waals surface area contributed by atoms with Gasteiger partial charge in [0.25, 0.3) is 0 Å². The minimum Gasteiger partial charge on any atom is -0.450 e. The molecular formula is C11H9N5O2S3. The van der Waals surface area contributed by atoms with Crippen LogP contribution in [0, 0.1) is 0 Å². The fourth-order valence-corrected chi connectivity index (χ4v) is 4.12. The average Bonchev–Trinajstić information content (AvgIpc) is 3.09. The van der Waals surface area contributed by atoms with Crippen LogP contribution < -0.4 is 5.32 Å². The van der Waals surface area contributed by atoms with E-state index in [1.807, 2.05) is 11.4 Å². The molecule has 3 rings (SSSR count). The van der Waals surface area contributed by atoms with Crippen LogP contribution in [0.25, 0.3) is 10.2 Å². The maximum absolute atomic E-state index is 11.3. The van der Waals surface area contributed by atoms with E-state index in [0.717, 1.165) is 15.2 Å². The first-order valence-electron chi connectivity index (χ1n) is 5.89. The van der Waals surface area contributed by atoms with Crippen molar-refractivity contribution in [3.8, 4) is 0 Å². The second-order valence-corrected chi connectivity index (χ2v) is 6.76. The van der Waals surface area contributed by atoms with E-state index in [-0.39, 0.29) is 0 Å². The van der Waals surface area contributed by atoms with Crippen molar-refractivity contribution in [1.29, 1.82) is 0 Å². The lowest BCUT2D eigenvalue weighted by Gasteiger charge is -1.99. The Hall–Kier alpha value is -1.78. The van der Waals surface area contributed by atoms with Gasteiger partial charge in [-0.1, -0.05) is 11.3 Å². The number of carbonyl (C=O) groups is 1. The Morgan fingerprint density at radius 3 is 3.19 bits per heavy atom. The maximum Gasteiger partial charge on any atom is 0.413 e. The van der Waals surface area contributed by atoms with E-state index in [9.17, 15) is 4.79 Å². The molecule has 0 aromatic carbocycles. The van der Waals surface area contributed by atoms with Gasteiger partial charge in [0.2, 0.25) is 5.13 Å². The summed E-state index contributed by atoms with van der Waals surface area (Å²) in [6.45, 7) is 2.05. The fraction of sp³-hybridized carbons (Fsp3) is 0.182. The Bertz CT molecular complexity index is 772. The van der Waals surface area contributed by atoms with Crippen LogP contribution in [-0.4, -0.2) is 32.9 Å². The Labute approximate surface area is 131 Å². The van der Waals surface area contributed by atoms with E-state index in [2.05, 4.69) is 25.5 Å². The van der Waals surface area contributed by atoms with E-state index in [4.69, 9.17) is 4.74 Å². The number of thiophene rings is 1. The number of rotatable bonds is 4. The van der Waals surface area contributed by atoms with Crippen LogP contribution in [0.2, 0.25) is 0 Å². The molecule has 21 heavy (non-hydrogen) atoms. The van der Waals surface area contributed by atoms with Gasteiger partial charge in [-0.3, -0.25) is 5.32 Å². The molecule has 0 aliphatic rings. The third kappa shape index (κ3) is 3.28. The van der Waals surface area contributed by atoms with E-state index in [1.54, 1.807) is 18.3 Å². The minimum absolute atomic E-state index is 0.309. The zero-order chi connectivity index (χ0) is 14.7. The van der Waals surface area contributed by atoms with Crippen LogP contribution in [0.1, 0.15) is 6.92 Å². The van der Waals surface area contributed by atoms with Crippen LogP contribution in [0.5, 0.6) is 0 Å². The van der Waals surface area contributed by atoms with E-state index in [0.29, 0.717) is 16.1 Å². The number of anilines is 1. The largest absolute Gasteiger partial charge is 0.450 e. The summed E-state index contributed by atoms with van der Waals surface area (Å²) in [5.74, 6) is 0. The molecule has 0 fully saturated rings. The highest BCUT2D eigenvalue weighted by Gasteiger charge is 2.12. The van der Waals surface area contributed by atoms with Gasteiger partial charge in [-0.25, -0.2) is 14.8 Å². The molecule has 0 aliphatic carbocycles. The van der Waals surface area contributed by atoms with Crippen LogP contribution >= 0.6 is 34.4 Å². The lowest BCUT2D eigenvalue weighted by molar-refractivity contribution is 0.168. The molecule has 0 bridgehead atoms. The highest BCUT2D eigenvalue weighted by atomic mass is 32.2. The molecule has 0 aliphatic heterocycles. The van der Waals surface area contributed by atoms with Gasteiger partial charge in [0, 0.05) is 0 Å². The van der Waals surface area contributed by atoms with Crippen molar-refractivity contribution < 1.29 is 9.53 Å². The molecule has 0 radical (unpaired) electrons. The first-order valence-corrected chi connectivity index (χ1v) is 8.41. The van der Waals surface area contributed by atoms with Gasteiger partial charge in [-0.15, -0.1) is 21.5 Å². The van der Waals surface area contributed by atoms with Gasteiger partial charge in [-0.2, -0.15) is 0 Å². The molecule has 0 spiro atoms. The summed E-state index contributed by atoms with van der Waals surface area (Å²) in [6, 6.07) is 1.94. The molecule has 3 aromatic heterocycles.